The highest BCUT2D eigenvalue weighted by Crippen LogP contribution is 2.39. The molecule has 0 heterocycles. The summed E-state index contributed by atoms with van der Waals surface area (Å²) in [6.07, 6.45) is 2.21. The number of rotatable bonds is 7. The third-order valence-corrected chi connectivity index (χ3v) is 4.69. The van der Waals surface area contributed by atoms with E-state index in [1.54, 1.807) is 24.3 Å². The lowest BCUT2D eigenvalue weighted by molar-refractivity contribution is 0.0897. The average molecular weight is 379 g/mol. The van der Waals surface area contributed by atoms with Crippen LogP contribution in [0.15, 0.2) is 48.5 Å². The number of hydrogen-bond donors (Lipinski definition) is 2. The van der Waals surface area contributed by atoms with Gasteiger partial charge >= 0.3 is 0 Å². The van der Waals surface area contributed by atoms with E-state index in [9.17, 15) is 9.18 Å². The fraction of sp³-hybridized carbons (Fsp3) is 0.350. The summed E-state index contributed by atoms with van der Waals surface area (Å²) in [4.78, 5) is 12.6. The van der Waals surface area contributed by atoms with Crippen molar-refractivity contribution < 1.29 is 13.9 Å². The molecule has 3 rings (SSSR count). The summed E-state index contributed by atoms with van der Waals surface area (Å²) in [6.45, 7) is 2.69. The predicted molar refractivity (Wildman–Crippen MR) is 102 cm³/mol. The van der Waals surface area contributed by atoms with Crippen molar-refractivity contribution in [3.63, 3.8) is 0 Å². The first-order chi connectivity index (χ1) is 12.0. The Labute approximate surface area is 159 Å². The van der Waals surface area contributed by atoms with Gasteiger partial charge < -0.3 is 15.8 Å². The number of ether oxygens (including phenoxy) is 1. The lowest BCUT2D eigenvalue weighted by atomic mass is 9.95. The highest BCUT2D eigenvalue weighted by molar-refractivity contribution is 5.94. The molecule has 140 valence electrons. The van der Waals surface area contributed by atoms with Gasteiger partial charge in [0.25, 0.3) is 5.91 Å². The van der Waals surface area contributed by atoms with Crippen LogP contribution in [-0.2, 0) is 6.61 Å². The van der Waals surface area contributed by atoms with E-state index in [1.807, 2.05) is 19.1 Å². The first kappa shape index (κ1) is 20.2. The molecule has 2 aromatic rings. The molecule has 1 aliphatic carbocycles. The van der Waals surface area contributed by atoms with Crippen molar-refractivity contribution in [3.8, 4) is 5.75 Å². The van der Waals surface area contributed by atoms with Crippen molar-refractivity contribution in [2.75, 3.05) is 6.54 Å². The summed E-state index contributed by atoms with van der Waals surface area (Å²) in [6, 6.07) is 13.2. The van der Waals surface area contributed by atoms with Crippen molar-refractivity contribution in [1.29, 1.82) is 0 Å². The van der Waals surface area contributed by atoms with Crippen molar-refractivity contribution in [2.24, 2.45) is 11.7 Å². The summed E-state index contributed by atoms with van der Waals surface area (Å²) in [5.41, 5.74) is 6.92. The molecule has 0 saturated heterocycles. The fourth-order valence-corrected chi connectivity index (χ4v) is 2.90. The zero-order valence-electron chi connectivity index (χ0n) is 14.7. The smallest absolute Gasteiger partial charge is 0.251 e. The van der Waals surface area contributed by atoms with Gasteiger partial charge in [0.2, 0.25) is 0 Å². The third-order valence-electron chi connectivity index (χ3n) is 4.69. The van der Waals surface area contributed by atoms with Gasteiger partial charge in [-0.25, -0.2) is 4.39 Å². The van der Waals surface area contributed by atoms with E-state index in [4.69, 9.17) is 10.5 Å². The Bertz CT molecular complexity index is 767. The summed E-state index contributed by atoms with van der Waals surface area (Å²) in [5, 5.41) is 3.08. The van der Waals surface area contributed by atoms with Gasteiger partial charge in [-0.2, -0.15) is 0 Å². The Balaban J connectivity index is 0.00000243. The van der Waals surface area contributed by atoms with Crippen LogP contribution in [-0.4, -0.2) is 18.0 Å². The Kier molecular flexibility index (Phi) is 6.62. The van der Waals surface area contributed by atoms with Gasteiger partial charge in [0.05, 0.1) is 5.54 Å². The van der Waals surface area contributed by atoms with E-state index in [0.29, 0.717) is 23.8 Å². The molecule has 3 N–H and O–H groups in total. The molecule has 4 nitrogen and oxygen atoms in total. The van der Waals surface area contributed by atoms with Crippen LogP contribution in [0.3, 0.4) is 0 Å². The molecule has 1 aliphatic rings. The monoisotopic (exact) mass is 378 g/mol. The fourth-order valence-electron chi connectivity index (χ4n) is 2.90. The van der Waals surface area contributed by atoms with Crippen LogP contribution in [0, 0.1) is 11.7 Å². The maximum Gasteiger partial charge on any atom is 0.251 e. The Morgan fingerprint density at radius 2 is 2.00 bits per heavy atom. The minimum atomic E-state index is -0.356. The number of nitrogens with two attached hydrogens (primary N) is 1. The van der Waals surface area contributed by atoms with Crippen LogP contribution >= 0.6 is 12.4 Å². The topological polar surface area (TPSA) is 64.3 Å². The van der Waals surface area contributed by atoms with Gasteiger partial charge in [0.15, 0.2) is 0 Å². The number of halogens is 2. The molecule has 0 aromatic heterocycles. The Morgan fingerprint density at radius 1 is 1.27 bits per heavy atom. The summed E-state index contributed by atoms with van der Waals surface area (Å²) in [7, 11) is 0. The van der Waals surface area contributed by atoms with Crippen molar-refractivity contribution in [1.82, 2.24) is 5.32 Å². The lowest BCUT2D eigenvalue weighted by Gasteiger charge is -2.29. The third kappa shape index (κ3) is 4.96. The molecule has 1 atom stereocenters. The standard InChI is InChI=1S/C20H23FN2O2.ClH/c1-20(13-22,16-8-9-16)23-19(24)15-5-2-4-14(10-15)12-25-18-7-3-6-17(21)11-18;/h2-7,10-11,16H,8-9,12-13,22H2,1H3,(H,23,24);1H. The lowest BCUT2D eigenvalue weighted by Crippen LogP contribution is -2.53. The Morgan fingerprint density at radius 3 is 2.65 bits per heavy atom. The van der Waals surface area contributed by atoms with E-state index in [-0.39, 0.29) is 36.3 Å². The Hall–Kier alpha value is -2.11. The molecule has 26 heavy (non-hydrogen) atoms. The number of benzene rings is 2. The van der Waals surface area contributed by atoms with Crippen LogP contribution in [0.1, 0.15) is 35.7 Å². The second kappa shape index (κ2) is 8.52. The van der Waals surface area contributed by atoms with Crippen LogP contribution < -0.4 is 15.8 Å². The van der Waals surface area contributed by atoms with Gasteiger partial charge in [-0.15, -0.1) is 12.4 Å². The van der Waals surface area contributed by atoms with Crippen molar-refractivity contribution >= 4 is 18.3 Å². The summed E-state index contributed by atoms with van der Waals surface area (Å²) >= 11 is 0. The molecule has 0 spiro atoms. The van der Waals surface area contributed by atoms with E-state index in [2.05, 4.69) is 5.32 Å². The minimum absolute atomic E-state index is 0. The quantitative estimate of drug-likeness (QED) is 0.772. The second-order valence-corrected chi connectivity index (χ2v) is 6.80. The minimum Gasteiger partial charge on any atom is -0.489 e. The van der Waals surface area contributed by atoms with Crippen LogP contribution in [0.5, 0.6) is 5.75 Å². The normalized spacial score (nSPS) is 15.5. The molecular formula is C20H24ClFN2O2. The van der Waals surface area contributed by atoms with E-state index in [0.717, 1.165) is 18.4 Å². The van der Waals surface area contributed by atoms with Crippen LogP contribution in [0.2, 0.25) is 0 Å². The van der Waals surface area contributed by atoms with E-state index >= 15 is 0 Å². The number of hydrogen-bond acceptors (Lipinski definition) is 3. The maximum absolute atomic E-state index is 13.2. The molecular weight excluding hydrogens is 355 g/mol. The molecule has 0 aliphatic heterocycles. The van der Waals surface area contributed by atoms with E-state index in [1.165, 1.54) is 12.1 Å². The summed E-state index contributed by atoms with van der Waals surface area (Å²) in [5.74, 6) is 0.444. The molecule has 2 aromatic carbocycles. The number of amides is 1. The molecule has 1 saturated carbocycles. The predicted octanol–water partition coefficient (Wildman–Crippen LogP) is 3.68. The zero-order chi connectivity index (χ0) is 17.9. The molecule has 6 heteroatoms. The van der Waals surface area contributed by atoms with Gasteiger partial charge in [0.1, 0.15) is 18.2 Å². The molecule has 0 bridgehead atoms. The average Bonchev–Trinajstić information content (AvgIpc) is 3.46. The highest BCUT2D eigenvalue weighted by atomic mass is 35.5. The largest absolute Gasteiger partial charge is 0.489 e. The molecule has 1 unspecified atom stereocenters. The SMILES string of the molecule is CC(CN)(NC(=O)c1cccc(COc2cccc(F)c2)c1)C1CC1.Cl. The zero-order valence-corrected chi connectivity index (χ0v) is 15.5. The van der Waals surface area contributed by atoms with Crippen molar-refractivity contribution in [2.45, 2.75) is 31.9 Å². The first-order valence-electron chi connectivity index (χ1n) is 8.50. The molecule has 1 fully saturated rings. The number of nitrogens with one attached hydrogen (secondary N) is 1. The summed E-state index contributed by atoms with van der Waals surface area (Å²) < 4.78 is 18.8. The maximum atomic E-state index is 13.2. The van der Waals surface area contributed by atoms with Crippen LogP contribution in [0.25, 0.3) is 0 Å². The highest BCUT2D eigenvalue weighted by Gasteiger charge is 2.41. The molecule has 1 amide bonds. The first-order valence-corrected chi connectivity index (χ1v) is 8.50. The van der Waals surface area contributed by atoms with Gasteiger partial charge in [-0.1, -0.05) is 18.2 Å². The second-order valence-electron chi connectivity index (χ2n) is 6.80. The van der Waals surface area contributed by atoms with Crippen molar-refractivity contribution in [3.05, 3.63) is 65.5 Å². The van der Waals surface area contributed by atoms with Gasteiger partial charge in [-0.3, -0.25) is 4.79 Å². The van der Waals surface area contributed by atoms with Gasteiger partial charge in [-0.05, 0) is 55.5 Å². The van der Waals surface area contributed by atoms with E-state index < -0.39 is 0 Å². The molecule has 0 radical (unpaired) electrons. The number of carbonyl (C=O) groups excluding carboxylic acids is 1. The van der Waals surface area contributed by atoms with Crippen LogP contribution in [0.4, 0.5) is 4.39 Å². The number of carbonyl (C=O) groups is 1. The van der Waals surface area contributed by atoms with Gasteiger partial charge in [0, 0.05) is 18.2 Å².